The fourth-order valence-electron chi connectivity index (χ4n) is 2.15. The molecular weight excluding hydrogens is 491 g/mol. The molecule has 1 aromatic rings. The van der Waals surface area contributed by atoms with Gasteiger partial charge < -0.3 is 15.4 Å². The van der Waals surface area contributed by atoms with E-state index < -0.39 is 10.0 Å². The first-order valence-corrected chi connectivity index (χ1v) is 10.8. The molecule has 0 atom stereocenters. The predicted molar refractivity (Wildman–Crippen MR) is 126 cm³/mol. The van der Waals surface area contributed by atoms with Gasteiger partial charge in [-0.1, -0.05) is 26.0 Å². The number of aliphatic imine (C=N–C) groups is 1. The molecule has 0 bridgehead atoms. The Balaban J connectivity index is 0.00000729. The molecule has 9 heteroatoms. The van der Waals surface area contributed by atoms with Crippen LogP contribution < -0.4 is 10.6 Å². The molecule has 0 aromatic heterocycles. The number of hydrogen-bond acceptors (Lipinski definition) is 4. The molecule has 0 fully saturated rings. The Kier molecular flexibility index (Phi) is 13.7. The van der Waals surface area contributed by atoms with Crippen LogP contribution in [0, 0.1) is 5.92 Å². The molecule has 1 rings (SSSR count). The Labute approximate surface area is 187 Å². The van der Waals surface area contributed by atoms with Crippen LogP contribution in [-0.2, 0) is 21.3 Å². The number of nitrogens with zero attached hydrogens (tertiary/aromatic N) is 2. The van der Waals surface area contributed by atoms with Crippen molar-refractivity contribution in [2.75, 3.05) is 40.4 Å². The predicted octanol–water partition coefficient (Wildman–Crippen LogP) is 2.67. The van der Waals surface area contributed by atoms with Crippen LogP contribution in [0.1, 0.15) is 32.8 Å². The molecule has 0 aliphatic carbocycles. The monoisotopic (exact) mass is 526 g/mol. The summed E-state index contributed by atoms with van der Waals surface area (Å²) in [5, 5.41) is 6.43. The van der Waals surface area contributed by atoms with Crippen molar-refractivity contribution in [3.05, 3.63) is 29.8 Å². The van der Waals surface area contributed by atoms with Gasteiger partial charge in [-0.15, -0.1) is 24.0 Å². The van der Waals surface area contributed by atoms with Crippen LogP contribution in [0.3, 0.4) is 0 Å². The van der Waals surface area contributed by atoms with Gasteiger partial charge >= 0.3 is 0 Å². The molecule has 1 aromatic carbocycles. The van der Waals surface area contributed by atoms with Crippen LogP contribution in [-0.4, -0.2) is 59.1 Å². The molecule has 0 spiro atoms. The van der Waals surface area contributed by atoms with Gasteiger partial charge in [0.2, 0.25) is 10.0 Å². The van der Waals surface area contributed by atoms with Crippen molar-refractivity contribution in [3.8, 4) is 0 Å². The van der Waals surface area contributed by atoms with Crippen molar-refractivity contribution in [2.24, 2.45) is 10.9 Å². The number of sulfonamides is 1. The third-order valence-electron chi connectivity index (χ3n) is 3.84. The topological polar surface area (TPSA) is 83.0 Å². The minimum Gasteiger partial charge on any atom is -0.380 e. The Morgan fingerprint density at radius 1 is 1.14 bits per heavy atom. The number of ether oxygens (including phenoxy) is 1. The maximum atomic E-state index is 12.1. The van der Waals surface area contributed by atoms with Gasteiger partial charge in [-0.2, -0.15) is 0 Å². The van der Waals surface area contributed by atoms with Gasteiger partial charge in [0.1, 0.15) is 0 Å². The average Bonchev–Trinajstić information content (AvgIpc) is 2.62. The van der Waals surface area contributed by atoms with Crippen LogP contribution in [0.15, 0.2) is 34.2 Å². The molecule has 0 radical (unpaired) electrons. The first kappa shape index (κ1) is 27.1. The van der Waals surface area contributed by atoms with Crippen molar-refractivity contribution in [3.63, 3.8) is 0 Å². The minimum atomic E-state index is -3.40. The molecule has 0 saturated heterocycles. The Morgan fingerprint density at radius 3 is 2.32 bits per heavy atom. The maximum absolute atomic E-state index is 12.1. The lowest BCUT2D eigenvalue weighted by molar-refractivity contribution is 0.128. The molecule has 162 valence electrons. The summed E-state index contributed by atoms with van der Waals surface area (Å²) in [6.45, 7) is 9.69. The Bertz CT molecular complexity index is 677. The summed E-state index contributed by atoms with van der Waals surface area (Å²) in [4.78, 5) is 4.82. The summed E-state index contributed by atoms with van der Waals surface area (Å²) in [6.07, 6.45) is 1.06. The lowest BCUT2D eigenvalue weighted by Gasteiger charge is -2.13. The first-order valence-electron chi connectivity index (χ1n) is 9.38. The number of guanidine groups is 1. The van der Waals surface area contributed by atoms with E-state index in [1.807, 2.05) is 6.92 Å². The van der Waals surface area contributed by atoms with Crippen molar-refractivity contribution >= 4 is 40.0 Å². The van der Waals surface area contributed by atoms with Gasteiger partial charge in [0, 0.05) is 33.8 Å². The standard InChI is InChI=1S/C19H34N4O3S.HI/c1-6-20-19(21-12-14-26-13-11-16(2)3)22-15-17-7-9-18(10-8-17)27(24,25)23(4)5;/h7-10,16H,6,11-15H2,1-5H3,(H2,20,21,22);1H. The van der Waals surface area contributed by atoms with E-state index in [0.717, 1.165) is 31.1 Å². The zero-order valence-corrected chi connectivity index (χ0v) is 20.7. The highest BCUT2D eigenvalue weighted by Gasteiger charge is 2.16. The number of nitrogens with one attached hydrogen (secondary N) is 2. The molecule has 0 aliphatic rings. The van der Waals surface area contributed by atoms with Crippen LogP contribution >= 0.6 is 24.0 Å². The van der Waals surface area contributed by atoms with Crippen molar-refractivity contribution in [2.45, 2.75) is 38.6 Å². The summed E-state index contributed by atoms with van der Waals surface area (Å²) < 4.78 is 31.0. The molecule has 0 amide bonds. The van der Waals surface area contributed by atoms with E-state index in [-0.39, 0.29) is 28.9 Å². The van der Waals surface area contributed by atoms with Gasteiger partial charge in [-0.05, 0) is 37.0 Å². The molecule has 2 N–H and O–H groups in total. The van der Waals surface area contributed by atoms with E-state index in [1.54, 1.807) is 24.3 Å². The van der Waals surface area contributed by atoms with E-state index in [2.05, 4.69) is 29.5 Å². The third-order valence-corrected chi connectivity index (χ3v) is 5.67. The number of halogens is 1. The highest BCUT2D eigenvalue weighted by molar-refractivity contribution is 14.0. The zero-order chi connectivity index (χ0) is 20.3. The molecule has 0 unspecified atom stereocenters. The minimum absolute atomic E-state index is 0. The van der Waals surface area contributed by atoms with E-state index in [4.69, 9.17) is 4.74 Å². The molecule has 0 heterocycles. The molecule has 0 saturated carbocycles. The zero-order valence-electron chi connectivity index (χ0n) is 17.6. The number of rotatable bonds is 11. The number of benzene rings is 1. The second-order valence-corrected chi connectivity index (χ2v) is 9.00. The van der Waals surface area contributed by atoms with E-state index in [9.17, 15) is 8.42 Å². The summed E-state index contributed by atoms with van der Waals surface area (Å²) >= 11 is 0. The quantitative estimate of drug-likeness (QED) is 0.201. The van der Waals surface area contributed by atoms with Crippen LogP contribution in [0.25, 0.3) is 0 Å². The fraction of sp³-hybridized carbons (Fsp3) is 0.632. The van der Waals surface area contributed by atoms with Gasteiger partial charge in [-0.3, -0.25) is 0 Å². The molecular formula is C19H35IN4O3S. The third kappa shape index (κ3) is 10.0. The SMILES string of the molecule is CCNC(=NCc1ccc(S(=O)(=O)N(C)C)cc1)NCCOCCC(C)C.I. The lowest BCUT2D eigenvalue weighted by atomic mass is 10.1. The van der Waals surface area contributed by atoms with Crippen LogP contribution in [0.4, 0.5) is 0 Å². The normalized spacial score (nSPS) is 12.2. The van der Waals surface area contributed by atoms with Gasteiger partial charge in [0.15, 0.2) is 5.96 Å². The summed E-state index contributed by atoms with van der Waals surface area (Å²) in [5.74, 6) is 1.37. The Morgan fingerprint density at radius 2 is 1.79 bits per heavy atom. The van der Waals surface area contributed by atoms with Gasteiger partial charge in [-0.25, -0.2) is 17.7 Å². The van der Waals surface area contributed by atoms with E-state index in [0.29, 0.717) is 25.6 Å². The second-order valence-electron chi connectivity index (χ2n) is 6.85. The highest BCUT2D eigenvalue weighted by Crippen LogP contribution is 2.14. The van der Waals surface area contributed by atoms with Gasteiger partial charge in [0.25, 0.3) is 0 Å². The average molecular weight is 526 g/mol. The van der Waals surface area contributed by atoms with E-state index >= 15 is 0 Å². The maximum Gasteiger partial charge on any atom is 0.242 e. The second kappa shape index (κ2) is 14.1. The molecule has 28 heavy (non-hydrogen) atoms. The van der Waals surface area contributed by atoms with Crippen LogP contribution in [0.5, 0.6) is 0 Å². The highest BCUT2D eigenvalue weighted by atomic mass is 127. The van der Waals surface area contributed by atoms with Crippen molar-refractivity contribution in [1.29, 1.82) is 0 Å². The summed E-state index contributed by atoms with van der Waals surface area (Å²) in [6, 6.07) is 6.81. The van der Waals surface area contributed by atoms with Crippen LogP contribution in [0.2, 0.25) is 0 Å². The number of hydrogen-bond donors (Lipinski definition) is 2. The fourth-order valence-corrected chi connectivity index (χ4v) is 3.05. The van der Waals surface area contributed by atoms with Crippen molar-refractivity contribution < 1.29 is 13.2 Å². The summed E-state index contributed by atoms with van der Waals surface area (Å²) in [5.41, 5.74) is 0.943. The summed E-state index contributed by atoms with van der Waals surface area (Å²) in [7, 11) is -0.355. The van der Waals surface area contributed by atoms with E-state index in [1.165, 1.54) is 18.4 Å². The van der Waals surface area contributed by atoms with Gasteiger partial charge in [0.05, 0.1) is 18.0 Å². The first-order chi connectivity index (χ1) is 12.8. The smallest absolute Gasteiger partial charge is 0.242 e. The lowest BCUT2D eigenvalue weighted by Crippen LogP contribution is -2.39. The Hall–Kier alpha value is -0.910. The van der Waals surface area contributed by atoms with Crippen molar-refractivity contribution in [1.82, 2.24) is 14.9 Å². The molecule has 0 aliphatic heterocycles. The molecule has 7 nitrogen and oxygen atoms in total. The largest absolute Gasteiger partial charge is 0.380 e.